The van der Waals surface area contributed by atoms with Crippen LogP contribution in [0.2, 0.25) is 0 Å². The van der Waals surface area contributed by atoms with E-state index in [9.17, 15) is 13.0 Å². The predicted molar refractivity (Wildman–Crippen MR) is 220 cm³/mol. The number of rotatable bonds is 5. The molecular formula is C48H52N2O3S. The van der Waals surface area contributed by atoms with E-state index in [-0.39, 0.29) is 4.90 Å². The summed E-state index contributed by atoms with van der Waals surface area (Å²) in [6, 6.07) is 48.7. The summed E-state index contributed by atoms with van der Waals surface area (Å²) in [5, 5.41) is 5.53. The van der Waals surface area contributed by atoms with Crippen LogP contribution in [0.4, 0.5) is 0 Å². The molecule has 6 aliphatic rings. The third-order valence-corrected chi connectivity index (χ3v) is 14.2. The molecule has 0 aromatic heterocycles. The number of quaternary nitrogens is 1. The highest BCUT2D eigenvalue weighted by Gasteiger charge is 2.49. The molecule has 54 heavy (non-hydrogen) atoms. The maximum Gasteiger partial charge on any atom is 0.124 e. The standard InChI is InChI=1S/C24H26N.C17H19N.C7H8O3S/c1-2-6-20(7-3-1)19-25-15-12-24(13-16-25,14-17-25)23-11-10-21-8-4-5-9-22(21)18-23;1-2-4-15-13-16(6-5-14(15)3-1)17-7-10-18(11-8-17)12-9-17;1-6-2-4-7(5-3-6)11(8,9)10/h1-11,18H,12-17,19H2;1-6,13H,7-12H2;2-5H,1H3,(H,8,9,10)/q+1;;/p-1. The summed E-state index contributed by atoms with van der Waals surface area (Å²) >= 11 is 0. The first-order chi connectivity index (χ1) is 26.1. The lowest BCUT2D eigenvalue weighted by Gasteiger charge is -2.55. The molecule has 6 aromatic carbocycles. The molecule has 0 aliphatic carbocycles. The first-order valence-corrected chi connectivity index (χ1v) is 21.2. The van der Waals surface area contributed by atoms with Gasteiger partial charge in [0.25, 0.3) is 0 Å². The van der Waals surface area contributed by atoms with Gasteiger partial charge in [-0.05, 0) is 96.0 Å². The van der Waals surface area contributed by atoms with Crippen molar-refractivity contribution < 1.29 is 17.5 Å². The fourth-order valence-electron chi connectivity index (χ4n) is 9.71. The fraction of sp³-hybridized carbons (Fsp3) is 0.333. The number of nitrogens with zero attached hydrogens (tertiary/aromatic N) is 2. The molecular weight excluding hydrogens is 685 g/mol. The van der Waals surface area contributed by atoms with E-state index < -0.39 is 10.1 Å². The highest BCUT2D eigenvalue weighted by Crippen LogP contribution is 2.47. The zero-order chi connectivity index (χ0) is 37.2. The van der Waals surface area contributed by atoms with E-state index in [0.29, 0.717) is 10.8 Å². The Morgan fingerprint density at radius 3 is 1.48 bits per heavy atom. The van der Waals surface area contributed by atoms with E-state index in [0.717, 1.165) is 5.56 Å². The summed E-state index contributed by atoms with van der Waals surface area (Å²) in [4.78, 5) is 2.44. The molecule has 6 heteroatoms. The minimum Gasteiger partial charge on any atom is -0.744 e. The Kier molecular flexibility index (Phi) is 10.2. The van der Waals surface area contributed by atoms with Crippen molar-refractivity contribution in [1.29, 1.82) is 0 Å². The molecule has 6 aliphatic heterocycles. The van der Waals surface area contributed by atoms with Crippen LogP contribution >= 0.6 is 0 Å². The zero-order valence-corrected chi connectivity index (χ0v) is 32.3. The average molecular weight is 737 g/mol. The average Bonchev–Trinajstić information content (AvgIpc) is 3.22. The summed E-state index contributed by atoms with van der Waals surface area (Å²) in [6.45, 7) is 10.9. The lowest BCUT2D eigenvalue weighted by atomic mass is 9.66. The highest BCUT2D eigenvalue weighted by atomic mass is 32.2. The SMILES string of the molecule is Cc1ccc(S(=O)(=O)[O-])cc1.c1ccc(C[N+]23CCC(c4ccc5ccccc5c4)(CC2)CC3)cc1.c1ccc2cc(C34CCN(CC3)CC4)ccc2c1. The number of fused-ring (bicyclic) bond motifs is 8. The van der Waals surface area contributed by atoms with Crippen LogP contribution in [0.25, 0.3) is 21.5 Å². The van der Waals surface area contributed by atoms with Crippen LogP contribution in [-0.4, -0.2) is 61.6 Å². The van der Waals surface area contributed by atoms with Crippen molar-refractivity contribution in [3.63, 3.8) is 0 Å². The topological polar surface area (TPSA) is 60.4 Å². The second-order valence-corrected chi connectivity index (χ2v) is 17.8. The van der Waals surface area contributed by atoms with Crippen molar-refractivity contribution in [2.24, 2.45) is 0 Å². The van der Waals surface area contributed by atoms with Crippen molar-refractivity contribution in [2.75, 3.05) is 39.3 Å². The van der Waals surface area contributed by atoms with Crippen LogP contribution in [0.15, 0.2) is 144 Å². The van der Waals surface area contributed by atoms with Crippen molar-refractivity contribution in [3.8, 4) is 0 Å². The lowest BCUT2D eigenvalue weighted by Crippen LogP contribution is -2.62. The summed E-state index contributed by atoms with van der Waals surface area (Å²) in [5.74, 6) is 0. The molecule has 12 rings (SSSR count). The maximum absolute atomic E-state index is 10.4. The van der Waals surface area contributed by atoms with E-state index in [2.05, 4.69) is 120 Å². The van der Waals surface area contributed by atoms with Gasteiger partial charge < -0.3 is 13.9 Å². The van der Waals surface area contributed by atoms with E-state index in [4.69, 9.17) is 0 Å². The van der Waals surface area contributed by atoms with Crippen molar-refractivity contribution in [2.45, 2.75) is 67.7 Å². The summed E-state index contributed by atoms with van der Waals surface area (Å²) < 4.78 is 32.5. The van der Waals surface area contributed by atoms with Crippen molar-refractivity contribution in [3.05, 3.63) is 162 Å². The van der Waals surface area contributed by atoms with Gasteiger partial charge in [0.2, 0.25) is 0 Å². The summed E-state index contributed by atoms with van der Waals surface area (Å²) in [6.07, 6.45) is 8.09. The number of benzene rings is 6. The third kappa shape index (κ3) is 7.76. The van der Waals surface area contributed by atoms with Crippen LogP contribution in [0, 0.1) is 6.92 Å². The van der Waals surface area contributed by atoms with Crippen LogP contribution in [0.1, 0.15) is 60.8 Å². The second kappa shape index (κ2) is 15.1. The van der Waals surface area contributed by atoms with Gasteiger partial charge in [0, 0.05) is 30.2 Å². The largest absolute Gasteiger partial charge is 0.744 e. The molecule has 0 radical (unpaired) electrons. The predicted octanol–water partition coefficient (Wildman–Crippen LogP) is 9.77. The van der Waals surface area contributed by atoms with Crippen LogP contribution < -0.4 is 0 Å². The summed E-state index contributed by atoms with van der Waals surface area (Å²) in [7, 11) is -4.27. The first-order valence-electron chi connectivity index (χ1n) is 19.8. The third-order valence-electron chi connectivity index (χ3n) is 13.3. The van der Waals surface area contributed by atoms with Gasteiger partial charge in [0.1, 0.15) is 16.7 Å². The van der Waals surface area contributed by atoms with Gasteiger partial charge in [-0.15, -0.1) is 0 Å². The smallest absolute Gasteiger partial charge is 0.124 e. The van der Waals surface area contributed by atoms with Crippen LogP contribution in [0.3, 0.4) is 0 Å². The van der Waals surface area contributed by atoms with E-state index in [1.165, 1.54) is 128 Å². The van der Waals surface area contributed by atoms with Gasteiger partial charge in [0.15, 0.2) is 0 Å². The Balaban J connectivity index is 0.000000125. The van der Waals surface area contributed by atoms with Gasteiger partial charge >= 0.3 is 0 Å². The monoisotopic (exact) mass is 736 g/mol. The molecule has 4 bridgehead atoms. The molecule has 6 saturated heterocycles. The van der Waals surface area contributed by atoms with E-state index in [1.807, 2.05) is 6.92 Å². The highest BCUT2D eigenvalue weighted by molar-refractivity contribution is 7.85. The molecule has 6 heterocycles. The van der Waals surface area contributed by atoms with E-state index >= 15 is 0 Å². The zero-order valence-electron chi connectivity index (χ0n) is 31.5. The Hall–Kier alpha value is -4.33. The second-order valence-electron chi connectivity index (χ2n) is 16.4. The van der Waals surface area contributed by atoms with Gasteiger partial charge in [-0.3, -0.25) is 0 Å². The molecule has 0 N–H and O–H groups in total. The fourth-order valence-corrected chi connectivity index (χ4v) is 10.2. The van der Waals surface area contributed by atoms with Gasteiger partial charge in [-0.1, -0.05) is 133 Å². The number of aryl methyl sites for hydroxylation is 1. The van der Waals surface area contributed by atoms with Gasteiger partial charge in [-0.25, -0.2) is 8.42 Å². The normalized spacial score (nSPS) is 25.7. The number of piperidine rings is 6. The Labute approximate surface area is 321 Å². The minimum absolute atomic E-state index is 0.178. The summed E-state index contributed by atoms with van der Waals surface area (Å²) in [5.41, 5.74) is 6.52. The lowest BCUT2D eigenvalue weighted by molar-refractivity contribution is -0.955. The Morgan fingerprint density at radius 1 is 0.556 bits per heavy atom. The van der Waals surface area contributed by atoms with Gasteiger partial charge in [-0.2, -0.15) is 0 Å². The van der Waals surface area contributed by atoms with Crippen molar-refractivity contribution >= 4 is 31.7 Å². The molecule has 5 nitrogen and oxygen atoms in total. The molecule has 0 spiro atoms. The number of hydrogen-bond donors (Lipinski definition) is 0. The molecule has 6 aromatic rings. The first kappa shape index (κ1) is 36.6. The molecule has 0 saturated carbocycles. The Bertz CT molecular complexity index is 2290. The molecule has 0 unspecified atom stereocenters. The minimum atomic E-state index is -4.27. The molecule has 6 fully saturated rings. The molecule has 278 valence electrons. The van der Waals surface area contributed by atoms with Crippen LogP contribution in [-0.2, 0) is 27.5 Å². The van der Waals surface area contributed by atoms with Crippen LogP contribution in [0.5, 0.6) is 0 Å². The molecule has 0 atom stereocenters. The van der Waals surface area contributed by atoms with Gasteiger partial charge in [0.05, 0.1) is 24.5 Å². The molecule has 0 amide bonds. The van der Waals surface area contributed by atoms with E-state index in [1.54, 1.807) is 23.3 Å². The quantitative estimate of drug-likeness (QED) is 0.131. The number of hydrogen-bond acceptors (Lipinski definition) is 4. The van der Waals surface area contributed by atoms with Crippen molar-refractivity contribution in [1.82, 2.24) is 4.90 Å². The Morgan fingerprint density at radius 2 is 1.00 bits per heavy atom. The maximum atomic E-state index is 10.4.